The molecule has 1 aliphatic carbocycles. The first-order valence-electron chi connectivity index (χ1n) is 5.72. The molecule has 84 valence electrons. The number of hydrogen-bond donors (Lipinski definition) is 0. The van der Waals surface area contributed by atoms with Gasteiger partial charge in [0.05, 0.1) is 5.56 Å². The zero-order valence-corrected chi connectivity index (χ0v) is 9.10. The van der Waals surface area contributed by atoms with E-state index >= 15 is 0 Å². The van der Waals surface area contributed by atoms with Gasteiger partial charge in [-0.15, -0.1) is 0 Å². The molecule has 4 rings (SSSR count). The zero-order chi connectivity index (χ0) is 11.5. The van der Waals surface area contributed by atoms with Gasteiger partial charge in [-0.3, -0.25) is 0 Å². The van der Waals surface area contributed by atoms with Gasteiger partial charge in [0.15, 0.2) is 0 Å². The van der Waals surface area contributed by atoms with Crippen LogP contribution in [0.5, 0.6) is 5.75 Å². The Morgan fingerprint density at radius 1 is 1.06 bits per heavy atom. The maximum absolute atomic E-state index is 11.4. The SMILES string of the molecule is O=c1ccc2c(o1)-c1ccccc1OC21CC1. The van der Waals surface area contributed by atoms with Gasteiger partial charge in [-0.1, -0.05) is 12.1 Å². The Morgan fingerprint density at radius 2 is 1.88 bits per heavy atom. The predicted octanol–water partition coefficient (Wildman–Crippen LogP) is 2.69. The molecule has 17 heavy (non-hydrogen) atoms. The van der Waals surface area contributed by atoms with Crippen molar-refractivity contribution in [3.63, 3.8) is 0 Å². The molecule has 1 aromatic carbocycles. The lowest BCUT2D eigenvalue weighted by atomic mass is 9.97. The van der Waals surface area contributed by atoms with Gasteiger partial charge in [-0.05, 0) is 31.0 Å². The van der Waals surface area contributed by atoms with Gasteiger partial charge in [-0.2, -0.15) is 0 Å². The minimum Gasteiger partial charge on any atom is -0.482 e. The minimum atomic E-state index is -0.309. The smallest absolute Gasteiger partial charge is 0.336 e. The van der Waals surface area contributed by atoms with Crippen molar-refractivity contribution in [3.8, 4) is 17.1 Å². The molecule has 0 unspecified atom stereocenters. The highest BCUT2D eigenvalue weighted by molar-refractivity contribution is 5.72. The van der Waals surface area contributed by atoms with Crippen LogP contribution >= 0.6 is 0 Å². The molecule has 0 N–H and O–H groups in total. The summed E-state index contributed by atoms with van der Waals surface area (Å²) in [5.41, 5.74) is 1.34. The van der Waals surface area contributed by atoms with Crippen molar-refractivity contribution in [2.75, 3.05) is 0 Å². The fourth-order valence-corrected chi connectivity index (χ4v) is 2.47. The summed E-state index contributed by atoms with van der Waals surface area (Å²) in [5, 5.41) is 0. The van der Waals surface area contributed by atoms with Crippen molar-refractivity contribution >= 4 is 0 Å². The molecular formula is C14H10O3. The Morgan fingerprint density at radius 3 is 2.71 bits per heavy atom. The summed E-state index contributed by atoms with van der Waals surface area (Å²) >= 11 is 0. The van der Waals surface area contributed by atoms with E-state index in [1.165, 1.54) is 6.07 Å². The van der Waals surface area contributed by atoms with Gasteiger partial charge in [0.25, 0.3) is 0 Å². The summed E-state index contributed by atoms with van der Waals surface area (Å²) < 4.78 is 11.4. The third kappa shape index (κ3) is 1.14. The Kier molecular flexibility index (Phi) is 1.49. The molecule has 1 aliphatic heterocycles. The molecule has 2 aromatic rings. The summed E-state index contributed by atoms with van der Waals surface area (Å²) in [6.07, 6.45) is 1.98. The molecule has 0 bridgehead atoms. The molecular weight excluding hydrogens is 216 g/mol. The highest BCUT2D eigenvalue weighted by Gasteiger charge is 2.52. The van der Waals surface area contributed by atoms with E-state index in [4.69, 9.17) is 9.15 Å². The normalized spacial score (nSPS) is 18.1. The summed E-state index contributed by atoms with van der Waals surface area (Å²) in [7, 11) is 0. The van der Waals surface area contributed by atoms with Gasteiger partial charge in [0.2, 0.25) is 0 Å². The van der Waals surface area contributed by atoms with Crippen molar-refractivity contribution < 1.29 is 9.15 Å². The Bertz CT molecular complexity index is 665. The molecule has 3 heteroatoms. The lowest BCUT2D eigenvalue weighted by Gasteiger charge is -2.27. The van der Waals surface area contributed by atoms with Gasteiger partial charge in [-0.25, -0.2) is 4.79 Å². The van der Waals surface area contributed by atoms with E-state index in [9.17, 15) is 4.79 Å². The van der Waals surface area contributed by atoms with Gasteiger partial charge in [0.1, 0.15) is 17.1 Å². The summed E-state index contributed by atoms with van der Waals surface area (Å²) in [5.74, 6) is 1.49. The molecule has 1 fully saturated rings. The highest BCUT2D eigenvalue weighted by Crippen LogP contribution is 2.56. The third-order valence-electron chi connectivity index (χ3n) is 3.47. The molecule has 1 aromatic heterocycles. The molecule has 1 saturated carbocycles. The number of fused-ring (bicyclic) bond motifs is 4. The highest BCUT2D eigenvalue weighted by atomic mass is 16.5. The second kappa shape index (κ2) is 2.80. The van der Waals surface area contributed by atoms with Crippen molar-refractivity contribution in [2.45, 2.75) is 18.4 Å². The van der Waals surface area contributed by atoms with E-state index in [-0.39, 0.29) is 11.2 Å². The second-order valence-corrected chi connectivity index (χ2v) is 4.59. The van der Waals surface area contributed by atoms with Crippen LogP contribution in [-0.4, -0.2) is 0 Å². The third-order valence-corrected chi connectivity index (χ3v) is 3.47. The van der Waals surface area contributed by atoms with Crippen LogP contribution in [-0.2, 0) is 5.60 Å². The van der Waals surface area contributed by atoms with E-state index in [2.05, 4.69) is 0 Å². The fourth-order valence-electron chi connectivity index (χ4n) is 2.47. The van der Waals surface area contributed by atoms with Crippen LogP contribution in [0.4, 0.5) is 0 Å². The number of ether oxygens (including phenoxy) is 1. The maximum Gasteiger partial charge on any atom is 0.336 e. The molecule has 0 saturated heterocycles. The lowest BCUT2D eigenvalue weighted by molar-refractivity contribution is 0.172. The van der Waals surface area contributed by atoms with Crippen LogP contribution in [0.25, 0.3) is 11.3 Å². The molecule has 3 nitrogen and oxygen atoms in total. The maximum atomic E-state index is 11.4. The van der Waals surface area contributed by atoms with Crippen molar-refractivity contribution in [1.29, 1.82) is 0 Å². The van der Waals surface area contributed by atoms with Crippen LogP contribution in [0.1, 0.15) is 18.4 Å². The van der Waals surface area contributed by atoms with Crippen LogP contribution in [0.15, 0.2) is 45.6 Å². The summed E-state index contributed by atoms with van der Waals surface area (Å²) in [6, 6.07) is 11.0. The standard InChI is InChI=1S/C14H10O3/c15-12-6-5-10-13(16-12)9-3-1-2-4-11(9)17-14(10)7-8-14/h1-6H,7-8H2. The molecule has 2 heterocycles. The van der Waals surface area contributed by atoms with Crippen molar-refractivity contribution in [2.24, 2.45) is 0 Å². The fraction of sp³-hybridized carbons (Fsp3) is 0.214. The van der Waals surface area contributed by atoms with Gasteiger partial charge in [0, 0.05) is 11.6 Å². The summed E-state index contributed by atoms with van der Waals surface area (Å²) in [4.78, 5) is 11.4. The number of benzene rings is 1. The Labute approximate surface area is 97.7 Å². The molecule has 0 radical (unpaired) electrons. The van der Waals surface area contributed by atoms with Crippen LogP contribution in [0, 0.1) is 0 Å². The van der Waals surface area contributed by atoms with E-state index in [0.717, 1.165) is 29.7 Å². The van der Waals surface area contributed by atoms with E-state index in [1.807, 2.05) is 30.3 Å². The first-order valence-corrected chi connectivity index (χ1v) is 5.72. The number of para-hydroxylation sites is 1. The first-order chi connectivity index (χ1) is 8.28. The average Bonchev–Trinajstić information content (AvgIpc) is 3.09. The number of hydrogen-bond acceptors (Lipinski definition) is 3. The summed E-state index contributed by atoms with van der Waals surface area (Å²) in [6.45, 7) is 0. The van der Waals surface area contributed by atoms with Gasteiger partial charge < -0.3 is 9.15 Å². The number of rotatable bonds is 0. The van der Waals surface area contributed by atoms with Crippen molar-refractivity contribution in [1.82, 2.24) is 0 Å². The molecule has 0 amide bonds. The zero-order valence-electron chi connectivity index (χ0n) is 9.10. The quantitative estimate of drug-likeness (QED) is 0.693. The molecule has 0 atom stereocenters. The molecule has 1 spiro atoms. The van der Waals surface area contributed by atoms with Crippen LogP contribution in [0.3, 0.4) is 0 Å². The van der Waals surface area contributed by atoms with E-state index in [0.29, 0.717) is 5.76 Å². The Balaban J connectivity index is 2.08. The topological polar surface area (TPSA) is 39.4 Å². The lowest BCUT2D eigenvalue weighted by Crippen LogP contribution is -2.22. The first kappa shape index (κ1) is 9.05. The van der Waals surface area contributed by atoms with Gasteiger partial charge >= 0.3 is 5.63 Å². The second-order valence-electron chi connectivity index (χ2n) is 4.59. The predicted molar refractivity (Wildman–Crippen MR) is 62.0 cm³/mol. The average molecular weight is 226 g/mol. The monoisotopic (exact) mass is 226 g/mol. The van der Waals surface area contributed by atoms with Crippen molar-refractivity contribution in [3.05, 3.63) is 52.4 Å². The minimum absolute atomic E-state index is 0.235. The largest absolute Gasteiger partial charge is 0.482 e. The van der Waals surface area contributed by atoms with Crippen LogP contribution < -0.4 is 10.4 Å². The van der Waals surface area contributed by atoms with E-state index in [1.54, 1.807) is 0 Å². The Hall–Kier alpha value is -2.03. The molecule has 2 aliphatic rings. The van der Waals surface area contributed by atoms with E-state index < -0.39 is 0 Å². The van der Waals surface area contributed by atoms with Crippen LogP contribution in [0.2, 0.25) is 0 Å².